The van der Waals surface area contributed by atoms with Crippen molar-refractivity contribution in [2.24, 2.45) is 11.7 Å². The van der Waals surface area contributed by atoms with Crippen molar-refractivity contribution in [2.75, 3.05) is 18.0 Å². The van der Waals surface area contributed by atoms with Crippen molar-refractivity contribution in [1.29, 1.82) is 0 Å². The summed E-state index contributed by atoms with van der Waals surface area (Å²) in [6.07, 6.45) is 0. The summed E-state index contributed by atoms with van der Waals surface area (Å²) in [6.45, 7) is 3.84. The van der Waals surface area contributed by atoms with E-state index in [9.17, 15) is 19.7 Å². The molecule has 0 atom stereocenters. The number of non-ortho nitro benzene ring substituents is 1. The second kappa shape index (κ2) is 6.69. The van der Waals surface area contributed by atoms with Crippen LogP contribution >= 0.6 is 0 Å². The van der Waals surface area contributed by atoms with E-state index in [0.717, 1.165) is 6.07 Å². The number of hydrogen-bond donors (Lipinski definition) is 2. The number of carboxylic acid groups (broad SMARTS) is 1. The van der Waals surface area contributed by atoms with E-state index < -0.39 is 16.8 Å². The molecule has 21 heavy (non-hydrogen) atoms. The van der Waals surface area contributed by atoms with E-state index in [1.54, 1.807) is 0 Å². The minimum atomic E-state index is -1.07. The highest BCUT2D eigenvalue weighted by molar-refractivity contribution is 5.99. The minimum absolute atomic E-state index is 0.0638. The van der Waals surface area contributed by atoms with E-state index in [-0.39, 0.29) is 29.4 Å². The van der Waals surface area contributed by atoms with Gasteiger partial charge < -0.3 is 15.7 Å². The molecule has 0 fully saturated rings. The van der Waals surface area contributed by atoms with Gasteiger partial charge in [0, 0.05) is 18.7 Å². The zero-order valence-electron chi connectivity index (χ0n) is 11.8. The summed E-state index contributed by atoms with van der Waals surface area (Å²) in [5.74, 6) is -1.77. The van der Waals surface area contributed by atoms with E-state index in [0.29, 0.717) is 6.54 Å². The van der Waals surface area contributed by atoms with Crippen molar-refractivity contribution in [3.8, 4) is 0 Å². The Balaban J connectivity index is 3.31. The second-order valence-corrected chi connectivity index (χ2v) is 4.99. The number of amides is 1. The van der Waals surface area contributed by atoms with E-state index in [1.165, 1.54) is 17.0 Å². The van der Waals surface area contributed by atoms with Gasteiger partial charge in [0.1, 0.15) is 6.54 Å². The predicted molar refractivity (Wildman–Crippen MR) is 76.3 cm³/mol. The third kappa shape index (κ3) is 4.44. The predicted octanol–water partition coefficient (Wildman–Crippen LogP) is 1.24. The Morgan fingerprint density at radius 2 is 2.05 bits per heavy atom. The molecule has 0 saturated carbocycles. The first-order chi connectivity index (χ1) is 9.72. The summed E-state index contributed by atoms with van der Waals surface area (Å²) >= 11 is 0. The fraction of sp³-hybridized carbons (Fsp3) is 0.385. The fourth-order valence-electron chi connectivity index (χ4n) is 1.96. The highest BCUT2D eigenvalue weighted by Gasteiger charge is 2.21. The first-order valence-electron chi connectivity index (χ1n) is 6.27. The molecule has 1 aromatic carbocycles. The van der Waals surface area contributed by atoms with Crippen LogP contribution in [-0.2, 0) is 4.79 Å². The number of benzene rings is 1. The standard InChI is InChI=1S/C13H17N3O5/c1-8(2)6-15(7-12(17)18)11-4-3-9(16(20)21)5-10(11)13(14)19/h3-5,8H,6-7H2,1-2H3,(H2,14,19)(H,17,18). The lowest BCUT2D eigenvalue weighted by molar-refractivity contribution is -0.384. The van der Waals surface area contributed by atoms with E-state index >= 15 is 0 Å². The molecule has 0 aliphatic rings. The number of aliphatic carboxylic acids is 1. The van der Waals surface area contributed by atoms with Crippen molar-refractivity contribution in [2.45, 2.75) is 13.8 Å². The monoisotopic (exact) mass is 295 g/mol. The molecule has 0 aromatic heterocycles. The number of rotatable bonds is 7. The summed E-state index contributed by atoms with van der Waals surface area (Å²) in [6, 6.07) is 3.63. The molecule has 1 aromatic rings. The Morgan fingerprint density at radius 1 is 1.43 bits per heavy atom. The van der Waals surface area contributed by atoms with Gasteiger partial charge in [-0.1, -0.05) is 13.8 Å². The molecule has 8 nitrogen and oxygen atoms in total. The molecular weight excluding hydrogens is 278 g/mol. The first kappa shape index (κ1) is 16.4. The minimum Gasteiger partial charge on any atom is -0.480 e. The van der Waals surface area contributed by atoms with Crippen LogP contribution in [0.3, 0.4) is 0 Å². The Bertz CT molecular complexity index is 571. The molecule has 0 aliphatic carbocycles. The van der Waals surface area contributed by atoms with E-state index in [4.69, 9.17) is 10.8 Å². The third-order valence-electron chi connectivity index (χ3n) is 2.71. The maximum Gasteiger partial charge on any atom is 0.323 e. The van der Waals surface area contributed by atoms with Gasteiger partial charge in [0.2, 0.25) is 0 Å². The maximum absolute atomic E-state index is 11.5. The molecule has 1 amide bonds. The average molecular weight is 295 g/mol. The van der Waals surface area contributed by atoms with E-state index in [1.807, 2.05) is 13.8 Å². The van der Waals surface area contributed by atoms with Crippen molar-refractivity contribution in [3.05, 3.63) is 33.9 Å². The highest BCUT2D eigenvalue weighted by Crippen LogP contribution is 2.26. The molecule has 1 rings (SSSR count). The van der Waals surface area contributed by atoms with Crippen molar-refractivity contribution in [3.63, 3.8) is 0 Å². The van der Waals surface area contributed by atoms with Crippen molar-refractivity contribution in [1.82, 2.24) is 0 Å². The number of nitro benzene ring substituents is 1. The number of nitro groups is 1. The third-order valence-corrected chi connectivity index (χ3v) is 2.71. The second-order valence-electron chi connectivity index (χ2n) is 4.99. The van der Waals surface area contributed by atoms with Crippen LogP contribution in [0.1, 0.15) is 24.2 Å². The topological polar surface area (TPSA) is 127 Å². The molecule has 114 valence electrons. The van der Waals surface area contributed by atoms with Crippen molar-refractivity contribution < 1.29 is 19.6 Å². The number of anilines is 1. The smallest absolute Gasteiger partial charge is 0.323 e. The summed E-state index contributed by atoms with van der Waals surface area (Å²) in [5.41, 5.74) is 5.19. The summed E-state index contributed by atoms with van der Waals surface area (Å²) in [4.78, 5) is 34.0. The molecule has 0 radical (unpaired) electrons. The lowest BCUT2D eigenvalue weighted by Gasteiger charge is -2.26. The Morgan fingerprint density at radius 3 is 2.48 bits per heavy atom. The molecule has 0 bridgehead atoms. The molecule has 0 aliphatic heterocycles. The van der Waals surface area contributed by atoms with Gasteiger partial charge >= 0.3 is 5.97 Å². The zero-order valence-corrected chi connectivity index (χ0v) is 11.8. The van der Waals surface area contributed by atoms with Gasteiger partial charge in [-0.2, -0.15) is 0 Å². The van der Waals surface area contributed by atoms with Crippen LogP contribution < -0.4 is 10.6 Å². The lowest BCUT2D eigenvalue weighted by atomic mass is 10.1. The number of hydrogen-bond acceptors (Lipinski definition) is 5. The molecule has 0 unspecified atom stereocenters. The number of carbonyl (C=O) groups is 2. The average Bonchev–Trinajstić information content (AvgIpc) is 2.35. The van der Waals surface area contributed by atoms with Gasteiger partial charge in [0.05, 0.1) is 16.2 Å². The SMILES string of the molecule is CC(C)CN(CC(=O)O)c1ccc([N+](=O)[O-])cc1C(N)=O. The van der Waals surface area contributed by atoms with Crippen molar-refractivity contribution >= 4 is 23.3 Å². The number of carbonyl (C=O) groups excluding carboxylic acids is 1. The zero-order chi connectivity index (χ0) is 16.2. The van der Waals surface area contributed by atoms with Gasteiger partial charge in [0.25, 0.3) is 11.6 Å². The Labute approximate surface area is 121 Å². The molecular formula is C13H17N3O5. The van der Waals surface area contributed by atoms with Crippen LogP contribution in [0.15, 0.2) is 18.2 Å². The quantitative estimate of drug-likeness (QED) is 0.575. The molecule has 8 heteroatoms. The molecule has 0 saturated heterocycles. The van der Waals surface area contributed by atoms with Gasteiger partial charge in [-0.15, -0.1) is 0 Å². The van der Waals surface area contributed by atoms with Crippen LogP contribution in [0.4, 0.5) is 11.4 Å². The molecule has 3 N–H and O–H groups in total. The van der Waals surface area contributed by atoms with E-state index in [2.05, 4.69) is 0 Å². The largest absolute Gasteiger partial charge is 0.480 e. The molecule has 0 spiro atoms. The maximum atomic E-state index is 11.5. The normalized spacial score (nSPS) is 10.4. The first-order valence-corrected chi connectivity index (χ1v) is 6.27. The van der Waals surface area contributed by atoms with Crippen LogP contribution in [0.25, 0.3) is 0 Å². The van der Waals surface area contributed by atoms with Gasteiger partial charge in [0.15, 0.2) is 0 Å². The number of nitrogens with two attached hydrogens (primary N) is 1. The summed E-state index contributed by atoms with van der Waals surface area (Å²) in [7, 11) is 0. The van der Waals surface area contributed by atoms with Crippen LogP contribution in [0.2, 0.25) is 0 Å². The van der Waals surface area contributed by atoms with Gasteiger partial charge in [-0.25, -0.2) is 0 Å². The Hall–Kier alpha value is -2.64. The number of primary amides is 1. The number of carboxylic acids is 1. The number of nitrogens with zero attached hydrogens (tertiary/aromatic N) is 2. The van der Waals surface area contributed by atoms with Crippen LogP contribution in [0.5, 0.6) is 0 Å². The Kier molecular flexibility index (Phi) is 5.23. The lowest BCUT2D eigenvalue weighted by Crippen LogP contribution is -2.34. The summed E-state index contributed by atoms with van der Waals surface area (Å²) in [5, 5.41) is 19.7. The fourth-order valence-corrected chi connectivity index (χ4v) is 1.96. The van der Waals surface area contributed by atoms with Crippen LogP contribution in [-0.4, -0.2) is 35.0 Å². The van der Waals surface area contributed by atoms with Gasteiger partial charge in [-0.05, 0) is 12.0 Å². The highest BCUT2D eigenvalue weighted by atomic mass is 16.6. The summed E-state index contributed by atoms with van der Waals surface area (Å²) < 4.78 is 0. The van der Waals surface area contributed by atoms with Gasteiger partial charge in [-0.3, -0.25) is 19.7 Å². The molecule has 0 heterocycles. The van der Waals surface area contributed by atoms with Crippen LogP contribution in [0, 0.1) is 16.0 Å².